The molecule has 0 fully saturated rings. The van der Waals surface area contributed by atoms with Gasteiger partial charge in [-0.3, -0.25) is 0 Å². The van der Waals surface area contributed by atoms with Crippen LogP contribution in [0.25, 0.3) is 0 Å². The Kier molecular flexibility index (Phi) is 5.38. The number of rotatable bonds is 5. The number of nitrogens with zero attached hydrogens (tertiary/aromatic N) is 1. The van der Waals surface area contributed by atoms with E-state index in [1.54, 1.807) is 0 Å². The van der Waals surface area contributed by atoms with Crippen molar-refractivity contribution in [1.29, 1.82) is 0 Å². The Balaban J connectivity index is 3.77. The fourth-order valence-electron chi connectivity index (χ4n) is 1.33. The van der Waals surface area contributed by atoms with Gasteiger partial charge < -0.3 is 10.6 Å². The molecule has 0 aliphatic heterocycles. The van der Waals surface area contributed by atoms with Gasteiger partial charge in [-0.05, 0) is 32.4 Å². The van der Waals surface area contributed by atoms with E-state index >= 15 is 0 Å². The second kappa shape index (κ2) is 5.52. The Morgan fingerprint density at radius 3 is 2.29 bits per heavy atom. The Labute approximate surface area is 89.2 Å². The van der Waals surface area contributed by atoms with Crippen molar-refractivity contribution in [3.05, 3.63) is 12.2 Å². The van der Waals surface area contributed by atoms with Crippen molar-refractivity contribution < 1.29 is 0 Å². The molecule has 0 rings (SSSR count). The van der Waals surface area contributed by atoms with E-state index in [4.69, 9.17) is 5.73 Å². The summed E-state index contributed by atoms with van der Waals surface area (Å²) < 4.78 is 0. The van der Waals surface area contributed by atoms with E-state index in [0.717, 1.165) is 19.5 Å². The summed E-state index contributed by atoms with van der Waals surface area (Å²) in [6.45, 7) is 14.5. The summed E-state index contributed by atoms with van der Waals surface area (Å²) in [7, 11) is 2.12. The lowest BCUT2D eigenvalue weighted by Gasteiger charge is -2.28. The van der Waals surface area contributed by atoms with E-state index in [1.165, 1.54) is 5.57 Å². The Bertz CT molecular complexity index is 179. The second-order valence-corrected chi connectivity index (χ2v) is 5.46. The van der Waals surface area contributed by atoms with E-state index in [1.807, 2.05) is 0 Å². The van der Waals surface area contributed by atoms with Crippen molar-refractivity contribution in [1.82, 2.24) is 4.90 Å². The molecule has 14 heavy (non-hydrogen) atoms. The maximum atomic E-state index is 6.08. The predicted octanol–water partition coefficient (Wildman–Crippen LogP) is 2.26. The summed E-state index contributed by atoms with van der Waals surface area (Å²) in [6.07, 6.45) is 1.05. The van der Waals surface area contributed by atoms with Crippen molar-refractivity contribution in [2.45, 2.75) is 40.2 Å². The van der Waals surface area contributed by atoms with Crippen LogP contribution in [0.3, 0.4) is 0 Å². The average Bonchev–Trinajstić information content (AvgIpc) is 1.96. The van der Waals surface area contributed by atoms with Gasteiger partial charge in [-0.2, -0.15) is 0 Å². The van der Waals surface area contributed by atoms with Crippen LogP contribution in [0.1, 0.15) is 34.1 Å². The average molecular weight is 198 g/mol. The van der Waals surface area contributed by atoms with Gasteiger partial charge in [0.25, 0.3) is 0 Å². The molecule has 0 spiro atoms. The molecule has 0 bridgehead atoms. The van der Waals surface area contributed by atoms with Gasteiger partial charge in [0.1, 0.15) is 0 Å². The van der Waals surface area contributed by atoms with Crippen LogP contribution in [-0.4, -0.2) is 31.1 Å². The first-order valence-electron chi connectivity index (χ1n) is 5.32. The summed E-state index contributed by atoms with van der Waals surface area (Å²) in [5, 5.41) is 0. The molecule has 1 unspecified atom stereocenters. The van der Waals surface area contributed by atoms with Gasteiger partial charge in [0, 0.05) is 12.6 Å². The number of hydrogen-bond donors (Lipinski definition) is 1. The van der Waals surface area contributed by atoms with Crippen LogP contribution in [0.15, 0.2) is 12.2 Å². The Morgan fingerprint density at radius 1 is 1.43 bits per heavy atom. The minimum atomic E-state index is 0.212. The highest BCUT2D eigenvalue weighted by Gasteiger charge is 2.20. The molecule has 0 amide bonds. The highest BCUT2D eigenvalue weighted by atomic mass is 15.1. The molecule has 2 N–H and O–H groups in total. The Morgan fingerprint density at radius 2 is 1.93 bits per heavy atom. The first-order chi connectivity index (χ1) is 6.23. The summed E-state index contributed by atoms with van der Waals surface area (Å²) >= 11 is 0. The third kappa shape index (κ3) is 6.17. The predicted molar refractivity (Wildman–Crippen MR) is 64.4 cm³/mol. The molecular weight excluding hydrogens is 172 g/mol. The van der Waals surface area contributed by atoms with Crippen molar-refractivity contribution in [2.24, 2.45) is 11.1 Å². The Hall–Kier alpha value is -0.340. The van der Waals surface area contributed by atoms with Crippen LogP contribution in [0, 0.1) is 5.41 Å². The highest BCUT2D eigenvalue weighted by Crippen LogP contribution is 2.19. The minimum Gasteiger partial charge on any atom is -0.327 e. The van der Waals surface area contributed by atoms with Crippen molar-refractivity contribution >= 4 is 0 Å². The van der Waals surface area contributed by atoms with E-state index < -0.39 is 0 Å². The lowest BCUT2D eigenvalue weighted by Crippen LogP contribution is -2.38. The zero-order chi connectivity index (χ0) is 11.4. The van der Waals surface area contributed by atoms with E-state index in [0.29, 0.717) is 0 Å². The van der Waals surface area contributed by atoms with E-state index in [2.05, 4.69) is 46.2 Å². The van der Waals surface area contributed by atoms with Crippen molar-refractivity contribution in [3.63, 3.8) is 0 Å². The van der Waals surface area contributed by atoms with E-state index in [-0.39, 0.29) is 11.5 Å². The van der Waals surface area contributed by atoms with Gasteiger partial charge in [0.2, 0.25) is 0 Å². The largest absolute Gasteiger partial charge is 0.327 e. The van der Waals surface area contributed by atoms with Crippen LogP contribution in [0.2, 0.25) is 0 Å². The van der Waals surface area contributed by atoms with Crippen LogP contribution in [0.5, 0.6) is 0 Å². The lowest BCUT2D eigenvalue weighted by molar-refractivity contribution is 0.263. The van der Waals surface area contributed by atoms with Gasteiger partial charge in [-0.25, -0.2) is 0 Å². The molecule has 2 nitrogen and oxygen atoms in total. The second-order valence-electron chi connectivity index (χ2n) is 5.46. The highest BCUT2D eigenvalue weighted by molar-refractivity contribution is 4.91. The van der Waals surface area contributed by atoms with Gasteiger partial charge in [0.05, 0.1) is 0 Å². The van der Waals surface area contributed by atoms with Crippen LogP contribution in [-0.2, 0) is 0 Å². The first kappa shape index (κ1) is 13.7. The quantitative estimate of drug-likeness (QED) is 0.687. The topological polar surface area (TPSA) is 29.3 Å². The summed E-state index contributed by atoms with van der Waals surface area (Å²) in [4.78, 5) is 2.27. The number of nitrogens with two attached hydrogens (primary N) is 1. The van der Waals surface area contributed by atoms with Crippen molar-refractivity contribution in [2.75, 3.05) is 20.1 Å². The minimum absolute atomic E-state index is 0.212. The third-order valence-corrected chi connectivity index (χ3v) is 2.47. The number of hydrogen-bond acceptors (Lipinski definition) is 2. The van der Waals surface area contributed by atoms with Gasteiger partial charge in [-0.15, -0.1) is 0 Å². The van der Waals surface area contributed by atoms with Gasteiger partial charge >= 0.3 is 0 Å². The monoisotopic (exact) mass is 198 g/mol. The standard InChI is InChI=1S/C12H26N2/c1-10(2)9-14(6)8-7-11(13)12(3,4)5/h11H,1,7-9,13H2,2-6H3. The third-order valence-electron chi connectivity index (χ3n) is 2.47. The van der Waals surface area contributed by atoms with E-state index in [9.17, 15) is 0 Å². The molecule has 0 saturated carbocycles. The molecule has 0 heterocycles. The van der Waals surface area contributed by atoms with Gasteiger partial charge in [0.15, 0.2) is 0 Å². The van der Waals surface area contributed by atoms with Crippen LogP contribution in [0.4, 0.5) is 0 Å². The maximum absolute atomic E-state index is 6.08. The molecule has 0 aromatic carbocycles. The van der Waals surface area contributed by atoms with Crippen LogP contribution < -0.4 is 5.73 Å². The normalized spacial score (nSPS) is 14.5. The smallest absolute Gasteiger partial charge is 0.0184 e. The number of likely N-dealkylation sites (N-methyl/N-ethyl adjacent to an activating group) is 1. The van der Waals surface area contributed by atoms with Crippen LogP contribution >= 0.6 is 0 Å². The molecular formula is C12H26N2. The lowest BCUT2D eigenvalue weighted by atomic mass is 9.85. The molecule has 2 heteroatoms. The van der Waals surface area contributed by atoms with Gasteiger partial charge in [-0.1, -0.05) is 32.9 Å². The molecule has 0 aromatic rings. The SMILES string of the molecule is C=C(C)CN(C)CCC(N)C(C)(C)C. The van der Waals surface area contributed by atoms with Crippen molar-refractivity contribution in [3.8, 4) is 0 Å². The molecule has 0 saturated heterocycles. The zero-order valence-electron chi connectivity index (χ0n) is 10.4. The molecule has 0 radical (unpaired) electrons. The fraction of sp³-hybridized carbons (Fsp3) is 0.833. The summed E-state index contributed by atoms with van der Waals surface area (Å²) in [5.74, 6) is 0. The molecule has 84 valence electrons. The zero-order valence-corrected chi connectivity index (χ0v) is 10.4. The summed E-state index contributed by atoms with van der Waals surface area (Å²) in [5.41, 5.74) is 7.50. The fourth-order valence-corrected chi connectivity index (χ4v) is 1.33. The molecule has 0 aromatic heterocycles. The first-order valence-corrected chi connectivity index (χ1v) is 5.32. The maximum Gasteiger partial charge on any atom is 0.0184 e. The summed E-state index contributed by atoms with van der Waals surface area (Å²) in [6, 6.07) is 0.273. The molecule has 1 atom stereocenters. The molecule has 0 aliphatic carbocycles. The molecule has 0 aliphatic rings.